The third-order valence-electron chi connectivity index (χ3n) is 4.28. The molecule has 106 valence electrons. The molecule has 1 unspecified atom stereocenters. The second-order valence-corrected chi connectivity index (χ2v) is 5.54. The van der Waals surface area contributed by atoms with E-state index in [1.807, 2.05) is 0 Å². The summed E-state index contributed by atoms with van der Waals surface area (Å²) in [5.41, 5.74) is 2.80. The van der Waals surface area contributed by atoms with Crippen molar-refractivity contribution < 1.29 is 4.74 Å². The number of fused-ring (bicyclic) bond motifs is 1. The molecule has 1 fully saturated rings. The predicted molar refractivity (Wildman–Crippen MR) is 77.3 cm³/mol. The van der Waals surface area contributed by atoms with Crippen LogP contribution in [0.1, 0.15) is 17.2 Å². The van der Waals surface area contributed by atoms with Crippen LogP contribution in [0.25, 0.3) is 0 Å². The van der Waals surface area contributed by atoms with E-state index in [2.05, 4.69) is 40.1 Å². The summed E-state index contributed by atoms with van der Waals surface area (Å²) in [6.07, 6.45) is 1.24. The minimum absolute atomic E-state index is 0.211. The highest BCUT2D eigenvalue weighted by atomic mass is 16.5. The van der Waals surface area contributed by atoms with Crippen LogP contribution in [0.3, 0.4) is 0 Å². The van der Waals surface area contributed by atoms with Crippen molar-refractivity contribution in [2.45, 2.75) is 12.5 Å². The molecular weight excluding hydrogens is 250 g/mol. The lowest BCUT2D eigenvalue weighted by atomic mass is 9.97. The molecule has 4 nitrogen and oxygen atoms in total. The molecule has 2 aliphatic rings. The highest BCUT2D eigenvalue weighted by Crippen LogP contribution is 2.27. The van der Waals surface area contributed by atoms with Crippen LogP contribution in [-0.2, 0) is 11.2 Å². The first-order valence-electron chi connectivity index (χ1n) is 7.38. The minimum Gasteiger partial charge on any atom is -0.372 e. The van der Waals surface area contributed by atoms with Gasteiger partial charge >= 0.3 is 0 Å². The number of nitriles is 1. The normalized spacial score (nSPS) is 24.1. The number of rotatable bonds is 3. The molecule has 0 aliphatic carbocycles. The second kappa shape index (κ2) is 6.36. The summed E-state index contributed by atoms with van der Waals surface area (Å²) in [5, 5.41) is 8.73. The zero-order chi connectivity index (χ0) is 13.8. The Morgan fingerprint density at radius 3 is 2.70 bits per heavy atom. The number of ether oxygens (including phenoxy) is 1. The quantitative estimate of drug-likeness (QED) is 0.780. The molecule has 2 heterocycles. The van der Waals surface area contributed by atoms with E-state index < -0.39 is 0 Å². The lowest BCUT2D eigenvalue weighted by Crippen LogP contribution is -2.47. The Morgan fingerprint density at radius 2 is 1.90 bits per heavy atom. The van der Waals surface area contributed by atoms with Crippen LogP contribution in [0, 0.1) is 11.3 Å². The molecule has 0 N–H and O–H groups in total. The van der Waals surface area contributed by atoms with Gasteiger partial charge in [-0.05, 0) is 17.5 Å². The topological polar surface area (TPSA) is 39.5 Å². The van der Waals surface area contributed by atoms with E-state index in [0.717, 1.165) is 45.8 Å². The first-order valence-corrected chi connectivity index (χ1v) is 7.38. The van der Waals surface area contributed by atoms with E-state index in [1.165, 1.54) is 11.1 Å². The SMILES string of the molecule is N#CCN1CCN(CC2OCCc3ccccc32)CC1. The number of hydrogen-bond donors (Lipinski definition) is 0. The Balaban J connectivity index is 1.59. The molecule has 0 spiro atoms. The van der Waals surface area contributed by atoms with E-state index in [4.69, 9.17) is 10.00 Å². The van der Waals surface area contributed by atoms with E-state index in [9.17, 15) is 0 Å². The van der Waals surface area contributed by atoms with Crippen LogP contribution in [0.5, 0.6) is 0 Å². The lowest BCUT2D eigenvalue weighted by Gasteiger charge is -2.36. The van der Waals surface area contributed by atoms with Crippen molar-refractivity contribution in [3.05, 3.63) is 35.4 Å². The molecule has 2 aliphatic heterocycles. The van der Waals surface area contributed by atoms with Crippen LogP contribution in [0.15, 0.2) is 24.3 Å². The van der Waals surface area contributed by atoms with Crippen LogP contribution in [-0.4, -0.2) is 55.7 Å². The molecule has 1 aromatic carbocycles. The molecule has 0 amide bonds. The van der Waals surface area contributed by atoms with Crippen molar-refractivity contribution in [3.63, 3.8) is 0 Å². The number of hydrogen-bond acceptors (Lipinski definition) is 4. The Labute approximate surface area is 120 Å². The maximum absolute atomic E-state index is 8.73. The Bertz CT molecular complexity index is 489. The molecule has 0 aromatic heterocycles. The number of nitrogens with zero attached hydrogens (tertiary/aromatic N) is 3. The minimum atomic E-state index is 0.211. The molecule has 4 heteroatoms. The first-order chi connectivity index (χ1) is 9.86. The van der Waals surface area contributed by atoms with Gasteiger partial charge in [0.1, 0.15) is 0 Å². The van der Waals surface area contributed by atoms with Crippen molar-refractivity contribution >= 4 is 0 Å². The molecular formula is C16H21N3O. The molecule has 3 rings (SSSR count). The van der Waals surface area contributed by atoms with Crippen molar-refractivity contribution in [1.29, 1.82) is 5.26 Å². The monoisotopic (exact) mass is 271 g/mol. The fourth-order valence-electron chi connectivity index (χ4n) is 3.09. The summed E-state index contributed by atoms with van der Waals surface area (Å²) < 4.78 is 5.97. The van der Waals surface area contributed by atoms with Crippen LogP contribution < -0.4 is 0 Å². The van der Waals surface area contributed by atoms with E-state index in [-0.39, 0.29) is 6.10 Å². The summed E-state index contributed by atoms with van der Waals surface area (Å²) in [7, 11) is 0. The number of benzene rings is 1. The van der Waals surface area contributed by atoms with Gasteiger partial charge in [-0.3, -0.25) is 9.80 Å². The third kappa shape index (κ3) is 3.01. The van der Waals surface area contributed by atoms with Crippen LogP contribution >= 0.6 is 0 Å². The fraction of sp³-hybridized carbons (Fsp3) is 0.562. The van der Waals surface area contributed by atoms with E-state index >= 15 is 0 Å². The van der Waals surface area contributed by atoms with Crippen molar-refractivity contribution in [1.82, 2.24) is 9.80 Å². The molecule has 0 saturated carbocycles. The van der Waals surface area contributed by atoms with Crippen molar-refractivity contribution in [2.24, 2.45) is 0 Å². The second-order valence-electron chi connectivity index (χ2n) is 5.54. The van der Waals surface area contributed by atoms with Gasteiger partial charge in [0.2, 0.25) is 0 Å². The van der Waals surface area contributed by atoms with Gasteiger partial charge in [0, 0.05) is 32.7 Å². The summed E-state index contributed by atoms with van der Waals surface area (Å²) in [5.74, 6) is 0. The van der Waals surface area contributed by atoms with Gasteiger partial charge in [0.25, 0.3) is 0 Å². The Hall–Kier alpha value is -1.41. The lowest BCUT2D eigenvalue weighted by molar-refractivity contribution is 0.00563. The average Bonchev–Trinajstić information content (AvgIpc) is 2.50. The smallest absolute Gasteiger partial charge is 0.0954 e. The van der Waals surface area contributed by atoms with Crippen LogP contribution in [0.2, 0.25) is 0 Å². The summed E-state index contributed by atoms with van der Waals surface area (Å²) in [6, 6.07) is 10.9. The van der Waals surface area contributed by atoms with Gasteiger partial charge in [-0.15, -0.1) is 0 Å². The summed E-state index contributed by atoms with van der Waals surface area (Å²) >= 11 is 0. The van der Waals surface area contributed by atoms with E-state index in [1.54, 1.807) is 0 Å². The Kier molecular flexibility index (Phi) is 4.31. The molecule has 0 radical (unpaired) electrons. The zero-order valence-electron chi connectivity index (χ0n) is 11.8. The molecule has 1 aromatic rings. The van der Waals surface area contributed by atoms with Gasteiger partial charge < -0.3 is 4.74 Å². The predicted octanol–water partition coefficient (Wildman–Crippen LogP) is 1.44. The van der Waals surface area contributed by atoms with Crippen LogP contribution in [0.4, 0.5) is 0 Å². The van der Waals surface area contributed by atoms with E-state index in [0.29, 0.717) is 6.54 Å². The third-order valence-corrected chi connectivity index (χ3v) is 4.28. The zero-order valence-corrected chi connectivity index (χ0v) is 11.8. The molecule has 1 atom stereocenters. The summed E-state index contributed by atoms with van der Waals surface area (Å²) in [6.45, 7) is 6.39. The average molecular weight is 271 g/mol. The molecule has 0 bridgehead atoms. The highest BCUT2D eigenvalue weighted by Gasteiger charge is 2.25. The van der Waals surface area contributed by atoms with Gasteiger partial charge in [-0.25, -0.2) is 0 Å². The van der Waals surface area contributed by atoms with Gasteiger partial charge in [-0.2, -0.15) is 5.26 Å². The van der Waals surface area contributed by atoms with Gasteiger partial charge in [-0.1, -0.05) is 24.3 Å². The van der Waals surface area contributed by atoms with Crippen molar-refractivity contribution in [3.8, 4) is 6.07 Å². The largest absolute Gasteiger partial charge is 0.372 e. The number of piperazine rings is 1. The van der Waals surface area contributed by atoms with Gasteiger partial charge in [0.15, 0.2) is 0 Å². The maximum atomic E-state index is 8.73. The highest BCUT2D eigenvalue weighted by molar-refractivity contribution is 5.31. The maximum Gasteiger partial charge on any atom is 0.0954 e. The fourth-order valence-corrected chi connectivity index (χ4v) is 3.09. The summed E-state index contributed by atoms with van der Waals surface area (Å²) in [4.78, 5) is 4.67. The van der Waals surface area contributed by atoms with Gasteiger partial charge in [0.05, 0.1) is 25.3 Å². The Morgan fingerprint density at radius 1 is 1.15 bits per heavy atom. The standard InChI is InChI=1S/C16H21N3O/c17-6-7-18-8-10-19(11-9-18)13-16-15-4-2-1-3-14(15)5-12-20-16/h1-4,16H,5,7-13H2. The first kappa shape index (κ1) is 13.6. The molecule has 20 heavy (non-hydrogen) atoms. The molecule has 1 saturated heterocycles. The van der Waals surface area contributed by atoms with Crippen molar-refractivity contribution in [2.75, 3.05) is 45.9 Å².